The standard InChI is InChI=1S/C12H26N2OS/c1-10-7-14(8-11(2)16-10)9-12(13)5-4-6-15-3/h10-12H,4-9,13H2,1-3H3. The first kappa shape index (κ1) is 14.3. The first-order chi connectivity index (χ1) is 7.61. The van der Waals surface area contributed by atoms with Gasteiger partial charge in [0.05, 0.1) is 0 Å². The SMILES string of the molecule is COCCCC(N)CN1CC(C)SC(C)C1. The highest BCUT2D eigenvalue weighted by Gasteiger charge is 2.23. The fourth-order valence-corrected chi connectivity index (χ4v) is 3.73. The summed E-state index contributed by atoms with van der Waals surface area (Å²) < 4.78 is 5.04. The third kappa shape index (κ3) is 5.53. The highest BCUT2D eigenvalue weighted by Crippen LogP contribution is 2.24. The van der Waals surface area contributed by atoms with Gasteiger partial charge < -0.3 is 10.5 Å². The molecular weight excluding hydrogens is 220 g/mol. The van der Waals surface area contributed by atoms with Crippen LogP contribution in [-0.2, 0) is 4.74 Å². The van der Waals surface area contributed by atoms with Crippen molar-refractivity contribution in [2.45, 2.75) is 43.2 Å². The second-order valence-corrected chi connectivity index (χ2v) is 6.75. The molecule has 1 aliphatic rings. The molecular formula is C12H26N2OS. The Morgan fingerprint density at radius 1 is 1.38 bits per heavy atom. The molecule has 3 unspecified atom stereocenters. The minimum Gasteiger partial charge on any atom is -0.385 e. The molecule has 0 aromatic heterocycles. The summed E-state index contributed by atoms with van der Waals surface area (Å²) in [6.45, 7) is 8.86. The van der Waals surface area contributed by atoms with E-state index in [4.69, 9.17) is 10.5 Å². The van der Waals surface area contributed by atoms with Crippen LogP contribution >= 0.6 is 11.8 Å². The molecule has 3 nitrogen and oxygen atoms in total. The Bertz CT molecular complexity index is 182. The number of thioether (sulfide) groups is 1. The van der Waals surface area contributed by atoms with E-state index >= 15 is 0 Å². The Morgan fingerprint density at radius 3 is 2.56 bits per heavy atom. The molecule has 1 rings (SSSR count). The van der Waals surface area contributed by atoms with Gasteiger partial charge in [-0.25, -0.2) is 0 Å². The van der Waals surface area contributed by atoms with E-state index in [2.05, 4.69) is 30.5 Å². The van der Waals surface area contributed by atoms with Crippen molar-refractivity contribution in [1.29, 1.82) is 0 Å². The van der Waals surface area contributed by atoms with Crippen LogP contribution in [0.3, 0.4) is 0 Å². The lowest BCUT2D eigenvalue weighted by Crippen LogP contribution is -2.46. The number of nitrogens with zero attached hydrogens (tertiary/aromatic N) is 1. The zero-order valence-electron chi connectivity index (χ0n) is 10.8. The molecule has 0 aromatic carbocycles. The van der Waals surface area contributed by atoms with Crippen LogP contribution in [0.4, 0.5) is 0 Å². The maximum absolute atomic E-state index is 6.13. The van der Waals surface area contributed by atoms with Crippen LogP contribution in [-0.4, -0.2) is 54.8 Å². The summed E-state index contributed by atoms with van der Waals surface area (Å²) in [5.74, 6) is 0. The third-order valence-corrected chi connectivity index (χ3v) is 4.14. The van der Waals surface area contributed by atoms with Crippen LogP contribution in [0.1, 0.15) is 26.7 Å². The maximum Gasteiger partial charge on any atom is 0.0462 e. The minimum atomic E-state index is 0.303. The van der Waals surface area contributed by atoms with E-state index in [0.29, 0.717) is 6.04 Å². The molecule has 16 heavy (non-hydrogen) atoms. The highest BCUT2D eigenvalue weighted by molar-refractivity contribution is 8.00. The van der Waals surface area contributed by atoms with Gasteiger partial charge in [0.2, 0.25) is 0 Å². The monoisotopic (exact) mass is 246 g/mol. The predicted octanol–water partition coefficient (Wildman–Crippen LogP) is 1.57. The van der Waals surface area contributed by atoms with E-state index in [1.165, 1.54) is 13.1 Å². The van der Waals surface area contributed by atoms with E-state index in [1.54, 1.807) is 7.11 Å². The van der Waals surface area contributed by atoms with Crippen molar-refractivity contribution in [3.8, 4) is 0 Å². The van der Waals surface area contributed by atoms with Crippen molar-refractivity contribution in [2.24, 2.45) is 5.73 Å². The zero-order valence-corrected chi connectivity index (χ0v) is 11.6. The van der Waals surface area contributed by atoms with E-state index < -0.39 is 0 Å². The number of rotatable bonds is 6. The van der Waals surface area contributed by atoms with Gasteiger partial charge in [-0.3, -0.25) is 4.90 Å². The predicted molar refractivity (Wildman–Crippen MR) is 72.0 cm³/mol. The van der Waals surface area contributed by atoms with Crippen LogP contribution in [0.15, 0.2) is 0 Å². The summed E-state index contributed by atoms with van der Waals surface area (Å²) in [4.78, 5) is 2.52. The quantitative estimate of drug-likeness (QED) is 0.722. The van der Waals surface area contributed by atoms with Gasteiger partial charge >= 0.3 is 0 Å². The smallest absolute Gasteiger partial charge is 0.0462 e. The fourth-order valence-electron chi connectivity index (χ4n) is 2.35. The summed E-state index contributed by atoms with van der Waals surface area (Å²) in [5, 5.41) is 1.49. The molecule has 1 heterocycles. The Kier molecular flexibility index (Phi) is 6.73. The molecule has 96 valence electrons. The average Bonchev–Trinajstić information content (AvgIpc) is 2.16. The summed E-state index contributed by atoms with van der Waals surface area (Å²) >= 11 is 2.09. The molecule has 0 saturated carbocycles. The van der Waals surface area contributed by atoms with E-state index in [-0.39, 0.29) is 0 Å². The maximum atomic E-state index is 6.13. The van der Waals surface area contributed by atoms with Crippen molar-refractivity contribution in [3.05, 3.63) is 0 Å². The summed E-state index contributed by atoms with van der Waals surface area (Å²) in [7, 11) is 1.75. The number of ether oxygens (including phenoxy) is 1. The lowest BCUT2D eigenvalue weighted by Gasteiger charge is -2.35. The molecule has 1 fully saturated rings. The molecule has 0 radical (unpaired) electrons. The van der Waals surface area contributed by atoms with E-state index in [1.807, 2.05) is 0 Å². The normalized spacial score (nSPS) is 29.2. The Labute approximate surface area is 104 Å². The Hall–Kier alpha value is 0.230. The average molecular weight is 246 g/mol. The van der Waals surface area contributed by atoms with Crippen molar-refractivity contribution in [1.82, 2.24) is 4.90 Å². The Morgan fingerprint density at radius 2 is 2.00 bits per heavy atom. The largest absolute Gasteiger partial charge is 0.385 e. The molecule has 1 saturated heterocycles. The van der Waals surface area contributed by atoms with Gasteiger partial charge in [0, 0.05) is 49.9 Å². The Balaban J connectivity index is 2.19. The van der Waals surface area contributed by atoms with Gasteiger partial charge in [0.15, 0.2) is 0 Å². The van der Waals surface area contributed by atoms with Crippen LogP contribution < -0.4 is 5.73 Å². The second-order valence-electron chi connectivity index (χ2n) is 4.87. The van der Waals surface area contributed by atoms with Crippen molar-refractivity contribution in [2.75, 3.05) is 33.4 Å². The van der Waals surface area contributed by atoms with E-state index in [9.17, 15) is 0 Å². The first-order valence-electron chi connectivity index (χ1n) is 6.24. The van der Waals surface area contributed by atoms with Gasteiger partial charge in [-0.05, 0) is 12.8 Å². The van der Waals surface area contributed by atoms with Gasteiger partial charge in [0.1, 0.15) is 0 Å². The molecule has 4 heteroatoms. The third-order valence-electron chi connectivity index (χ3n) is 2.91. The van der Waals surface area contributed by atoms with Crippen molar-refractivity contribution < 1.29 is 4.74 Å². The minimum absolute atomic E-state index is 0.303. The van der Waals surface area contributed by atoms with Crippen molar-refractivity contribution in [3.63, 3.8) is 0 Å². The molecule has 0 amide bonds. The zero-order chi connectivity index (χ0) is 12.0. The lowest BCUT2D eigenvalue weighted by molar-refractivity contribution is 0.184. The molecule has 2 N–H and O–H groups in total. The van der Waals surface area contributed by atoms with E-state index in [0.717, 1.165) is 36.5 Å². The molecule has 3 atom stereocenters. The molecule has 0 aromatic rings. The molecule has 1 aliphatic heterocycles. The van der Waals surface area contributed by atoms with Gasteiger partial charge in [-0.15, -0.1) is 0 Å². The molecule has 0 bridgehead atoms. The summed E-state index contributed by atoms with van der Waals surface area (Å²) in [5.41, 5.74) is 6.13. The number of nitrogens with two attached hydrogens (primary N) is 1. The van der Waals surface area contributed by atoms with Gasteiger partial charge in [0.25, 0.3) is 0 Å². The van der Waals surface area contributed by atoms with Gasteiger partial charge in [-0.1, -0.05) is 13.8 Å². The van der Waals surface area contributed by atoms with Crippen molar-refractivity contribution >= 4 is 11.8 Å². The molecule has 0 aliphatic carbocycles. The summed E-state index contributed by atoms with van der Waals surface area (Å²) in [6.07, 6.45) is 2.14. The van der Waals surface area contributed by atoms with Crippen LogP contribution in [0.25, 0.3) is 0 Å². The second kappa shape index (κ2) is 7.54. The highest BCUT2D eigenvalue weighted by atomic mass is 32.2. The lowest BCUT2D eigenvalue weighted by atomic mass is 10.1. The van der Waals surface area contributed by atoms with Gasteiger partial charge in [-0.2, -0.15) is 11.8 Å². The fraction of sp³-hybridized carbons (Fsp3) is 1.00. The molecule has 0 spiro atoms. The number of methoxy groups -OCH3 is 1. The topological polar surface area (TPSA) is 38.5 Å². The number of hydrogen-bond acceptors (Lipinski definition) is 4. The number of hydrogen-bond donors (Lipinski definition) is 1. The first-order valence-corrected chi connectivity index (χ1v) is 7.18. The van der Waals surface area contributed by atoms with Crippen LogP contribution in [0.5, 0.6) is 0 Å². The van der Waals surface area contributed by atoms with Crippen LogP contribution in [0.2, 0.25) is 0 Å². The van der Waals surface area contributed by atoms with Crippen LogP contribution in [0, 0.1) is 0 Å². The summed E-state index contributed by atoms with van der Waals surface area (Å²) in [6, 6.07) is 0.303.